The highest BCUT2D eigenvalue weighted by molar-refractivity contribution is 7.92. The van der Waals surface area contributed by atoms with E-state index in [-0.39, 0.29) is 10.6 Å². The topological polar surface area (TPSA) is 102 Å². The van der Waals surface area contributed by atoms with Gasteiger partial charge in [-0.25, -0.2) is 8.42 Å². The van der Waals surface area contributed by atoms with Crippen molar-refractivity contribution in [2.24, 2.45) is 0 Å². The van der Waals surface area contributed by atoms with E-state index in [0.717, 1.165) is 5.69 Å². The standard InChI is InChI=1S/C14H15N3O4S/c1-9-8-12(17(18)19)5-7-14(9)22(20,21)16-13-6-4-10(2)15-11(13)3/h4-8,16H,1-3H3. The summed E-state index contributed by atoms with van der Waals surface area (Å²) in [7, 11) is -3.83. The molecular weight excluding hydrogens is 306 g/mol. The van der Waals surface area contributed by atoms with Crippen LogP contribution in [0.1, 0.15) is 17.0 Å². The number of rotatable bonds is 4. The maximum atomic E-state index is 12.4. The van der Waals surface area contributed by atoms with Crippen LogP contribution in [0, 0.1) is 30.9 Å². The Bertz CT molecular complexity index is 847. The lowest BCUT2D eigenvalue weighted by Gasteiger charge is -2.12. The highest BCUT2D eigenvalue weighted by Gasteiger charge is 2.20. The zero-order chi connectivity index (χ0) is 16.5. The highest BCUT2D eigenvalue weighted by Crippen LogP contribution is 2.24. The minimum absolute atomic E-state index is 0.00178. The fourth-order valence-electron chi connectivity index (χ4n) is 2.04. The van der Waals surface area contributed by atoms with E-state index in [9.17, 15) is 18.5 Å². The van der Waals surface area contributed by atoms with Crippen molar-refractivity contribution in [1.82, 2.24) is 4.98 Å². The van der Waals surface area contributed by atoms with E-state index < -0.39 is 14.9 Å². The summed E-state index contributed by atoms with van der Waals surface area (Å²) in [6.07, 6.45) is 0. The summed E-state index contributed by atoms with van der Waals surface area (Å²) >= 11 is 0. The molecule has 2 aromatic rings. The molecule has 0 amide bonds. The number of nitro benzene ring substituents is 1. The molecular formula is C14H15N3O4S. The maximum Gasteiger partial charge on any atom is 0.269 e. The van der Waals surface area contributed by atoms with Crippen molar-refractivity contribution in [3.63, 3.8) is 0 Å². The second kappa shape index (κ2) is 5.72. The molecule has 22 heavy (non-hydrogen) atoms. The summed E-state index contributed by atoms with van der Waals surface area (Å²) in [5.41, 5.74) is 1.88. The molecule has 116 valence electrons. The summed E-state index contributed by atoms with van der Waals surface area (Å²) in [6.45, 7) is 5.03. The third-order valence-electron chi connectivity index (χ3n) is 3.13. The Kier molecular flexibility index (Phi) is 4.14. The van der Waals surface area contributed by atoms with Gasteiger partial charge in [0.2, 0.25) is 0 Å². The first-order valence-corrected chi connectivity index (χ1v) is 7.91. The Morgan fingerprint density at radius 3 is 2.36 bits per heavy atom. The zero-order valence-corrected chi connectivity index (χ0v) is 13.1. The molecule has 1 aromatic heterocycles. The van der Waals surface area contributed by atoms with Crippen molar-refractivity contribution in [3.8, 4) is 0 Å². The van der Waals surface area contributed by atoms with E-state index >= 15 is 0 Å². The second-order valence-electron chi connectivity index (χ2n) is 4.90. The number of sulfonamides is 1. The van der Waals surface area contributed by atoms with Crippen LogP contribution in [0.15, 0.2) is 35.2 Å². The van der Waals surface area contributed by atoms with Crippen molar-refractivity contribution in [1.29, 1.82) is 0 Å². The predicted molar refractivity (Wildman–Crippen MR) is 82.4 cm³/mol. The Morgan fingerprint density at radius 2 is 1.82 bits per heavy atom. The van der Waals surface area contributed by atoms with Gasteiger partial charge in [0, 0.05) is 17.8 Å². The fraction of sp³-hybridized carbons (Fsp3) is 0.214. The van der Waals surface area contributed by atoms with Crippen LogP contribution in [0.25, 0.3) is 0 Å². The van der Waals surface area contributed by atoms with Gasteiger partial charge in [0.15, 0.2) is 0 Å². The predicted octanol–water partition coefficient (Wildman–Crippen LogP) is 2.72. The van der Waals surface area contributed by atoms with Gasteiger partial charge in [-0.1, -0.05) is 0 Å². The molecule has 1 aromatic carbocycles. The number of pyridine rings is 1. The lowest BCUT2D eigenvalue weighted by Crippen LogP contribution is -2.15. The summed E-state index contributed by atoms with van der Waals surface area (Å²) < 4.78 is 27.3. The van der Waals surface area contributed by atoms with Crippen molar-refractivity contribution in [2.75, 3.05) is 4.72 Å². The molecule has 0 saturated carbocycles. The number of benzene rings is 1. The van der Waals surface area contributed by atoms with E-state index in [2.05, 4.69) is 9.71 Å². The number of hydrogen-bond donors (Lipinski definition) is 1. The number of aromatic nitrogens is 1. The van der Waals surface area contributed by atoms with Gasteiger partial charge in [0.05, 0.1) is 21.2 Å². The molecule has 0 fully saturated rings. The summed E-state index contributed by atoms with van der Waals surface area (Å²) in [4.78, 5) is 14.3. The minimum atomic E-state index is -3.83. The van der Waals surface area contributed by atoms with E-state index in [1.54, 1.807) is 19.1 Å². The van der Waals surface area contributed by atoms with Crippen LogP contribution in [-0.4, -0.2) is 18.3 Å². The van der Waals surface area contributed by atoms with Crippen LogP contribution in [0.2, 0.25) is 0 Å². The first-order valence-electron chi connectivity index (χ1n) is 6.43. The molecule has 0 atom stereocenters. The van der Waals surface area contributed by atoms with Crippen LogP contribution in [0.4, 0.5) is 11.4 Å². The molecule has 1 heterocycles. The molecule has 2 rings (SSSR count). The van der Waals surface area contributed by atoms with Gasteiger partial charge in [0.1, 0.15) is 0 Å². The van der Waals surface area contributed by atoms with Crippen molar-refractivity contribution >= 4 is 21.4 Å². The first-order chi connectivity index (χ1) is 10.2. The molecule has 8 heteroatoms. The quantitative estimate of drug-likeness (QED) is 0.689. The second-order valence-corrected chi connectivity index (χ2v) is 6.55. The molecule has 0 unspecified atom stereocenters. The average Bonchev–Trinajstić information content (AvgIpc) is 2.41. The minimum Gasteiger partial charge on any atom is -0.278 e. The van der Waals surface area contributed by atoms with E-state index in [4.69, 9.17) is 0 Å². The molecule has 0 bridgehead atoms. The van der Waals surface area contributed by atoms with E-state index in [1.165, 1.54) is 25.1 Å². The molecule has 0 spiro atoms. The monoisotopic (exact) mass is 321 g/mol. The molecule has 1 N–H and O–H groups in total. The molecule has 7 nitrogen and oxygen atoms in total. The van der Waals surface area contributed by atoms with Gasteiger partial charge >= 0.3 is 0 Å². The van der Waals surface area contributed by atoms with Crippen LogP contribution in [0.3, 0.4) is 0 Å². The lowest BCUT2D eigenvalue weighted by atomic mass is 10.2. The average molecular weight is 321 g/mol. The molecule has 0 radical (unpaired) electrons. The molecule has 0 aliphatic rings. The fourth-order valence-corrected chi connectivity index (χ4v) is 3.39. The first kappa shape index (κ1) is 15.9. The Labute approximate surface area is 128 Å². The summed E-state index contributed by atoms with van der Waals surface area (Å²) in [5.74, 6) is 0. The lowest BCUT2D eigenvalue weighted by molar-refractivity contribution is -0.385. The molecule has 0 aliphatic heterocycles. The zero-order valence-electron chi connectivity index (χ0n) is 12.3. The van der Waals surface area contributed by atoms with Crippen molar-refractivity contribution in [2.45, 2.75) is 25.7 Å². The van der Waals surface area contributed by atoms with Gasteiger partial charge < -0.3 is 0 Å². The van der Waals surface area contributed by atoms with Gasteiger partial charge in [-0.3, -0.25) is 19.8 Å². The van der Waals surface area contributed by atoms with Gasteiger partial charge in [-0.2, -0.15) is 0 Å². The van der Waals surface area contributed by atoms with Crippen LogP contribution in [0.5, 0.6) is 0 Å². The van der Waals surface area contributed by atoms with Gasteiger partial charge in [-0.05, 0) is 44.5 Å². The molecule has 0 saturated heterocycles. The number of hydrogen-bond acceptors (Lipinski definition) is 5. The number of non-ortho nitro benzene ring substituents is 1. The highest BCUT2D eigenvalue weighted by atomic mass is 32.2. The summed E-state index contributed by atoms with van der Waals surface area (Å²) in [5, 5.41) is 10.7. The normalized spacial score (nSPS) is 11.2. The SMILES string of the molecule is Cc1ccc(NS(=O)(=O)c2ccc([N+](=O)[O-])cc2C)c(C)n1. The van der Waals surface area contributed by atoms with Crippen molar-refractivity contribution < 1.29 is 13.3 Å². The number of aryl methyl sites for hydroxylation is 3. The van der Waals surface area contributed by atoms with Gasteiger partial charge in [-0.15, -0.1) is 0 Å². The van der Waals surface area contributed by atoms with Gasteiger partial charge in [0.25, 0.3) is 15.7 Å². The van der Waals surface area contributed by atoms with E-state index in [0.29, 0.717) is 16.9 Å². The van der Waals surface area contributed by atoms with Crippen LogP contribution < -0.4 is 4.72 Å². The molecule has 0 aliphatic carbocycles. The number of nitrogens with zero attached hydrogens (tertiary/aromatic N) is 2. The smallest absolute Gasteiger partial charge is 0.269 e. The van der Waals surface area contributed by atoms with Crippen LogP contribution in [-0.2, 0) is 10.0 Å². The number of anilines is 1. The third-order valence-corrected chi connectivity index (χ3v) is 4.65. The summed E-state index contributed by atoms with van der Waals surface area (Å²) in [6, 6.07) is 6.97. The maximum absolute atomic E-state index is 12.4. The Balaban J connectivity index is 2.40. The Hall–Kier alpha value is -2.48. The number of nitro groups is 1. The van der Waals surface area contributed by atoms with E-state index in [1.807, 2.05) is 6.92 Å². The van der Waals surface area contributed by atoms with Crippen LogP contribution >= 0.6 is 0 Å². The Morgan fingerprint density at radius 1 is 1.14 bits per heavy atom. The van der Waals surface area contributed by atoms with Crippen molar-refractivity contribution in [3.05, 3.63) is 57.4 Å². The third kappa shape index (κ3) is 3.22. The number of nitrogens with one attached hydrogen (secondary N) is 1. The largest absolute Gasteiger partial charge is 0.278 e.